The molecule has 0 aliphatic carbocycles. The number of hydrogen-bond donors (Lipinski definition) is 2. The summed E-state index contributed by atoms with van der Waals surface area (Å²) in [6.45, 7) is 2.62. The molecule has 2 aromatic rings. The molecule has 0 aliphatic rings. The number of carbonyl (C=O) groups is 1. The minimum absolute atomic E-state index is 0.103. The van der Waals surface area contributed by atoms with E-state index in [1.165, 1.54) is 28.2 Å². The van der Waals surface area contributed by atoms with Crippen molar-refractivity contribution < 1.29 is 9.90 Å². The minimum Gasteiger partial charge on any atom is -0.387 e. The lowest BCUT2D eigenvalue weighted by Crippen LogP contribution is -2.32. The molecule has 0 aliphatic heterocycles. The van der Waals surface area contributed by atoms with Crippen molar-refractivity contribution in [3.63, 3.8) is 0 Å². The second-order valence-corrected chi connectivity index (χ2v) is 5.70. The SMILES string of the molecule is CCCCn1nc(C(=O)NCC(O)c2ccsc2)ccc1=O. The van der Waals surface area contributed by atoms with E-state index in [1.54, 1.807) is 0 Å². The fourth-order valence-corrected chi connectivity index (χ4v) is 2.61. The maximum absolute atomic E-state index is 12.1. The Labute approximate surface area is 132 Å². The fourth-order valence-electron chi connectivity index (χ4n) is 1.90. The molecule has 0 spiro atoms. The summed E-state index contributed by atoms with van der Waals surface area (Å²) in [6.07, 6.45) is 1.02. The fraction of sp³-hybridized carbons (Fsp3) is 0.400. The summed E-state index contributed by atoms with van der Waals surface area (Å²) in [5, 5.41) is 20.3. The van der Waals surface area contributed by atoms with Crippen LogP contribution in [0.1, 0.15) is 41.9 Å². The third kappa shape index (κ3) is 4.25. The van der Waals surface area contributed by atoms with E-state index in [2.05, 4.69) is 10.4 Å². The quantitative estimate of drug-likeness (QED) is 0.811. The van der Waals surface area contributed by atoms with Gasteiger partial charge in [-0.2, -0.15) is 16.4 Å². The molecule has 0 bridgehead atoms. The molecule has 0 fully saturated rings. The van der Waals surface area contributed by atoms with Crippen LogP contribution in [0.25, 0.3) is 0 Å². The molecule has 6 nitrogen and oxygen atoms in total. The number of carbonyl (C=O) groups excluding carboxylic acids is 1. The highest BCUT2D eigenvalue weighted by Gasteiger charge is 2.13. The van der Waals surface area contributed by atoms with E-state index >= 15 is 0 Å². The van der Waals surface area contributed by atoms with Gasteiger partial charge in [-0.05, 0) is 34.9 Å². The van der Waals surface area contributed by atoms with Gasteiger partial charge in [0, 0.05) is 19.2 Å². The minimum atomic E-state index is -0.749. The molecule has 2 N–H and O–H groups in total. The second-order valence-electron chi connectivity index (χ2n) is 4.92. The molecule has 7 heteroatoms. The van der Waals surface area contributed by atoms with Gasteiger partial charge in [0.15, 0.2) is 0 Å². The molecular formula is C15H19N3O3S. The van der Waals surface area contributed by atoms with Gasteiger partial charge in [-0.3, -0.25) is 9.59 Å². The highest BCUT2D eigenvalue weighted by molar-refractivity contribution is 7.07. The third-order valence-electron chi connectivity index (χ3n) is 3.21. The topological polar surface area (TPSA) is 84.2 Å². The summed E-state index contributed by atoms with van der Waals surface area (Å²) in [4.78, 5) is 23.7. The molecule has 1 atom stereocenters. The van der Waals surface area contributed by atoms with Crippen LogP contribution in [0, 0.1) is 0 Å². The van der Waals surface area contributed by atoms with Gasteiger partial charge < -0.3 is 10.4 Å². The number of unbranched alkanes of at least 4 members (excludes halogenated alkanes) is 1. The van der Waals surface area contributed by atoms with Crippen LogP contribution in [-0.2, 0) is 6.54 Å². The number of hydrogen-bond acceptors (Lipinski definition) is 5. The average Bonchev–Trinajstić information content (AvgIpc) is 3.06. The second kappa shape index (κ2) is 7.86. The van der Waals surface area contributed by atoms with Gasteiger partial charge in [0.2, 0.25) is 0 Å². The van der Waals surface area contributed by atoms with E-state index in [1.807, 2.05) is 23.8 Å². The lowest BCUT2D eigenvalue weighted by Gasteiger charge is -2.11. The monoisotopic (exact) mass is 321 g/mol. The van der Waals surface area contributed by atoms with E-state index in [0.29, 0.717) is 6.54 Å². The number of amides is 1. The molecule has 0 aromatic carbocycles. The number of rotatable bonds is 7. The highest BCUT2D eigenvalue weighted by Crippen LogP contribution is 2.15. The van der Waals surface area contributed by atoms with Crippen molar-refractivity contribution in [3.8, 4) is 0 Å². The Morgan fingerprint density at radius 2 is 2.27 bits per heavy atom. The smallest absolute Gasteiger partial charge is 0.271 e. The molecule has 2 aromatic heterocycles. The summed E-state index contributed by atoms with van der Waals surface area (Å²) < 4.78 is 1.30. The molecule has 0 saturated carbocycles. The Morgan fingerprint density at radius 3 is 2.95 bits per heavy atom. The van der Waals surface area contributed by atoms with E-state index in [0.717, 1.165) is 18.4 Å². The first-order chi connectivity index (χ1) is 10.6. The normalized spacial score (nSPS) is 12.1. The standard InChI is InChI=1S/C15H19N3O3S/c1-2-3-7-18-14(20)5-4-12(17-18)15(21)16-9-13(19)11-6-8-22-10-11/h4-6,8,10,13,19H,2-3,7,9H2,1H3,(H,16,21). The molecular weight excluding hydrogens is 302 g/mol. The van der Waals surface area contributed by atoms with E-state index in [4.69, 9.17) is 0 Å². The van der Waals surface area contributed by atoms with Gasteiger partial charge in [0.25, 0.3) is 11.5 Å². The van der Waals surface area contributed by atoms with Crippen LogP contribution >= 0.6 is 11.3 Å². The Bertz CT molecular complexity index is 667. The zero-order valence-electron chi connectivity index (χ0n) is 12.4. The number of aliphatic hydroxyl groups is 1. The van der Waals surface area contributed by atoms with Crippen LogP contribution < -0.4 is 10.9 Å². The van der Waals surface area contributed by atoms with Crippen molar-refractivity contribution in [1.29, 1.82) is 0 Å². The number of aliphatic hydroxyl groups excluding tert-OH is 1. The summed E-state index contributed by atoms with van der Waals surface area (Å²) >= 11 is 1.49. The van der Waals surface area contributed by atoms with Crippen molar-refractivity contribution >= 4 is 17.2 Å². The summed E-state index contributed by atoms with van der Waals surface area (Å²) in [5.74, 6) is -0.403. The Hall–Kier alpha value is -1.99. The van der Waals surface area contributed by atoms with Gasteiger partial charge in [0.05, 0.1) is 6.10 Å². The van der Waals surface area contributed by atoms with Crippen LogP contribution in [0.15, 0.2) is 33.8 Å². The first kappa shape index (κ1) is 16.4. The summed E-state index contributed by atoms with van der Waals surface area (Å²) in [7, 11) is 0. The Balaban J connectivity index is 1.98. The third-order valence-corrected chi connectivity index (χ3v) is 3.91. The highest BCUT2D eigenvalue weighted by atomic mass is 32.1. The zero-order chi connectivity index (χ0) is 15.9. The predicted octanol–water partition coefficient (Wildman–Crippen LogP) is 1.57. The number of thiophene rings is 1. The molecule has 1 amide bonds. The first-order valence-electron chi connectivity index (χ1n) is 7.18. The predicted molar refractivity (Wildman–Crippen MR) is 85.0 cm³/mol. The zero-order valence-corrected chi connectivity index (χ0v) is 13.2. The van der Waals surface area contributed by atoms with E-state index < -0.39 is 12.0 Å². The average molecular weight is 321 g/mol. The van der Waals surface area contributed by atoms with Crippen LogP contribution in [0.2, 0.25) is 0 Å². The number of aromatic nitrogens is 2. The molecule has 118 valence electrons. The van der Waals surface area contributed by atoms with Crippen LogP contribution in [0.5, 0.6) is 0 Å². The lowest BCUT2D eigenvalue weighted by molar-refractivity contribution is 0.0909. The molecule has 1 unspecified atom stereocenters. The Kier molecular flexibility index (Phi) is 5.85. The maximum Gasteiger partial charge on any atom is 0.271 e. The largest absolute Gasteiger partial charge is 0.387 e. The van der Waals surface area contributed by atoms with Crippen molar-refractivity contribution in [2.24, 2.45) is 0 Å². The first-order valence-corrected chi connectivity index (χ1v) is 8.12. The summed E-state index contributed by atoms with van der Waals surface area (Å²) in [5.41, 5.74) is 0.725. The van der Waals surface area contributed by atoms with Crippen LogP contribution in [0.4, 0.5) is 0 Å². The molecule has 2 rings (SSSR count). The van der Waals surface area contributed by atoms with Crippen molar-refractivity contribution in [1.82, 2.24) is 15.1 Å². The number of nitrogens with one attached hydrogen (secondary N) is 1. The van der Waals surface area contributed by atoms with Crippen molar-refractivity contribution in [2.75, 3.05) is 6.54 Å². The van der Waals surface area contributed by atoms with Crippen molar-refractivity contribution in [3.05, 3.63) is 50.6 Å². The number of nitrogens with zero attached hydrogens (tertiary/aromatic N) is 2. The maximum atomic E-state index is 12.1. The van der Waals surface area contributed by atoms with Gasteiger partial charge >= 0.3 is 0 Å². The number of aryl methyl sites for hydroxylation is 1. The van der Waals surface area contributed by atoms with Crippen LogP contribution in [-0.4, -0.2) is 27.3 Å². The van der Waals surface area contributed by atoms with Gasteiger partial charge in [-0.1, -0.05) is 13.3 Å². The van der Waals surface area contributed by atoms with E-state index in [-0.39, 0.29) is 17.8 Å². The summed E-state index contributed by atoms with van der Waals surface area (Å²) in [6, 6.07) is 4.55. The molecule has 0 saturated heterocycles. The molecule has 22 heavy (non-hydrogen) atoms. The van der Waals surface area contributed by atoms with Gasteiger partial charge in [0.1, 0.15) is 5.69 Å². The Morgan fingerprint density at radius 1 is 1.45 bits per heavy atom. The van der Waals surface area contributed by atoms with Crippen molar-refractivity contribution in [2.45, 2.75) is 32.4 Å². The van der Waals surface area contributed by atoms with E-state index in [9.17, 15) is 14.7 Å². The van der Waals surface area contributed by atoms with Gasteiger partial charge in [-0.15, -0.1) is 0 Å². The lowest BCUT2D eigenvalue weighted by atomic mass is 10.2. The van der Waals surface area contributed by atoms with Crippen LogP contribution in [0.3, 0.4) is 0 Å². The molecule has 0 radical (unpaired) electrons. The van der Waals surface area contributed by atoms with Gasteiger partial charge in [-0.25, -0.2) is 4.68 Å². The molecule has 2 heterocycles.